The summed E-state index contributed by atoms with van der Waals surface area (Å²) in [6.45, 7) is 3.73. The third-order valence-electron chi connectivity index (χ3n) is 9.77. The van der Waals surface area contributed by atoms with Crippen molar-refractivity contribution in [2.24, 2.45) is 5.92 Å². The molecule has 8 rings (SSSR count). The molecular weight excluding hydrogens is 606 g/mol. The zero-order valence-electron chi connectivity index (χ0n) is 25.1. The first-order chi connectivity index (χ1) is 22.3. The van der Waals surface area contributed by atoms with Crippen LogP contribution >= 0.6 is 11.8 Å². The summed E-state index contributed by atoms with van der Waals surface area (Å²) in [5.41, 5.74) is 1.87. The Morgan fingerprint density at radius 2 is 1.65 bits per heavy atom. The quantitative estimate of drug-likeness (QED) is 0.192. The Balaban J connectivity index is 1.46. The number of fused-ring (bicyclic) bond motifs is 10. The molecule has 232 valence electrons. The number of hydrogen-bond acceptors (Lipinski definition) is 9. The average Bonchev–Trinajstić information content (AvgIpc) is 3.73. The molecule has 3 aromatic carbocycles. The highest BCUT2D eigenvalue weighted by Gasteiger charge is 2.80. The minimum Gasteiger partial charge on any atom is -0.466 e. The topological polar surface area (TPSA) is 124 Å². The van der Waals surface area contributed by atoms with E-state index in [4.69, 9.17) is 9.47 Å². The Kier molecular flexibility index (Phi) is 6.32. The number of thioether (sulfide) groups is 1. The van der Waals surface area contributed by atoms with Crippen molar-refractivity contribution in [2.75, 3.05) is 25.1 Å². The Bertz CT molecular complexity index is 2040. The maximum atomic E-state index is 15.5. The summed E-state index contributed by atoms with van der Waals surface area (Å²) in [6, 6.07) is 21.1. The number of carbonyl (C=O) groups is 5. The summed E-state index contributed by atoms with van der Waals surface area (Å²) in [7, 11) is 0. The molecule has 1 saturated heterocycles. The second-order valence-electron chi connectivity index (χ2n) is 11.8. The SMILES string of the molecule is CCOC(=O)C(=O)c1c2n(c3ccccc13)C(=O)[C@@]1(S2)[C@@H]2c3ccccc3CCN2[C@@]2(C(=O)Nc3ccccc32)[C@@H]1C(=O)OCC. The van der Waals surface area contributed by atoms with Crippen molar-refractivity contribution in [3.63, 3.8) is 0 Å². The van der Waals surface area contributed by atoms with Crippen LogP contribution in [0.3, 0.4) is 0 Å². The third kappa shape index (κ3) is 3.39. The standard InChI is InChI=1S/C35H29N3O7S/c1-3-44-30(40)26(39)25-21-13-7-10-16-24(21)38-29(25)46-35(33(38)43)27(31(41)45-4-2)34(22-14-8-9-15-23(22)36-32(34)42)37-18-17-19-11-5-6-12-20(19)28(35)37/h5-16,27-28H,3-4,17-18H2,1-2H3,(H,36,42)/t27-,28-,34+,35-/m0/s1. The third-order valence-corrected chi connectivity index (χ3v) is 11.3. The van der Waals surface area contributed by atoms with Gasteiger partial charge in [0.25, 0.3) is 17.6 Å². The molecule has 1 aromatic heterocycles. The highest BCUT2D eigenvalue weighted by atomic mass is 32.2. The molecule has 0 unspecified atom stereocenters. The average molecular weight is 636 g/mol. The predicted octanol–water partition coefficient (Wildman–Crippen LogP) is 4.51. The maximum Gasteiger partial charge on any atom is 0.379 e. The number of hydrogen-bond donors (Lipinski definition) is 1. The lowest BCUT2D eigenvalue weighted by Gasteiger charge is -2.41. The van der Waals surface area contributed by atoms with Crippen molar-refractivity contribution in [3.8, 4) is 0 Å². The highest BCUT2D eigenvalue weighted by Crippen LogP contribution is 2.70. The first-order valence-corrected chi connectivity index (χ1v) is 16.1. The lowest BCUT2D eigenvalue weighted by Crippen LogP contribution is -2.56. The number of aromatic nitrogens is 1. The van der Waals surface area contributed by atoms with Gasteiger partial charge < -0.3 is 14.8 Å². The molecule has 0 bridgehead atoms. The molecule has 1 fully saturated rings. The minimum atomic E-state index is -1.65. The van der Waals surface area contributed by atoms with Crippen molar-refractivity contribution in [1.82, 2.24) is 9.47 Å². The van der Waals surface area contributed by atoms with Crippen LogP contribution in [0.25, 0.3) is 10.9 Å². The molecule has 4 aliphatic heterocycles. The van der Waals surface area contributed by atoms with Crippen molar-refractivity contribution in [1.29, 1.82) is 0 Å². The zero-order valence-corrected chi connectivity index (χ0v) is 25.9. The normalized spacial score (nSPS) is 25.7. The number of anilines is 1. The molecular formula is C35H29N3O7S. The van der Waals surface area contributed by atoms with Gasteiger partial charge in [0.05, 0.1) is 35.4 Å². The largest absolute Gasteiger partial charge is 0.466 e. The molecule has 11 heteroatoms. The van der Waals surface area contributed by atoms with Gasteiger partial charge in [-0.05, 0) is 43.5 Å². The van der Waals surface area contributed by atoms with Crippen LogP contribution in [0.1, 0.15) is 51.7 Å². The number of carbonyl (C=O) groups excluding carboxylic acids is 5. The van der Waals surface area contributed by atoms with Crippen molar-refractivity contribution in [2.45, 2.75) is 41.6 Å². The van der Waals surface area contributed by atoms with E-state index in [9.17, 15) is 19.2 Å². The summed E-state index contributed by atoms with van der Waals surface area (Å²) in [4.78, 5) is 73.2. The summed E-state index contributed by atoms with van der Waals surface area (Å²) in [5, 5.41) is 3.68. The Morgan fingerprint density at radius 3 is 2.46 bits per heavy atom. The molecule has 1 amide bonds. The highest BCUT2D eigenvalue weighted by molar-refractivity contribution is 8.02. The Labute approximate surface area is 268 Å². The molecule has 4 aliphatic rings. The number of para-hydroxylation sites is 2. The molecule has 0 saturated carbocycles. The first kappa shape index (κ1) is 28.7. The molecule has 10 nitrogen and oxygen atoms in total. The lowest BCUT2D eigenvalue weighted by molar-refractivity contribution is -0.155. The minimum absolute atomic E-state index is 0.00432. The van der Waals surface area contributed by atoms with Crippen molar-refractivity contribution in [3.05, 3.63) is 95.1 Å². The van der Waals surface area contributed by atoms with Gasteiger partial charge in [-0.25, -0.2) is 4.79 Å². The van der Waals surface area contributed by atoms with E-state index in [0.717, 1.165) is 22.9 Å². The van der Waals surface area contributed by atoms with Gasteiger partial charge in [0, 0.05) is 23.2 Å². The fraction of sp³-hybridized carbons (Fsp3) is 0.286. The molecule has 1 N–H and O–H groups in total. The second-order valence-corrected chi connectivity index (χ2v) is 13.0. The molecule has 2 spiro atoms. The van der Waals surface area contributed by atoms with Gasteiger partial charge in [-0.1, -0.05) is 72.4 Å². The van der Waals surface area contributed by atoms with Crippen LogP contribution < -0.4 is 5.32 Å². The zero-order chi connectivity index (χ0) is 32.0. The number of Topliss-reactive ketones (excluding diaryl/α,β-unsaturated/α-hetero) is 1. The van der Waals surface area contributed by atoms with Crippen LogP contribution in [0.15, 0.2) is 77.8 Å². The number of benzene rings is 3. The smallest absolute Gasteiger partial charge is 0.379 e. The van der Waals surface area contributed by atoms with Crippen molar-refractivity contribution >= 4 is 57.9 Å². The van der Waals surface area contributed by atoms with E-state index in [1.807, 2.05) is 47.4 Å². The van der Waals surface area contributed by atoms with E-state index in [0.29, 0.717) is 35.1 Å². The maximum absolute atomic E-state index is 15.5. The number of nitrogens with one attached hydrogen (secondary N) is 1. The molecule has 0 aliphatic carbocycles. The molecule has 4 aromatic rings. The van der Waals surface area contributed by atoms with Gasteiger partial charge >= 0.3 is 11.9 Å². The van der Waals surface area contributed by atoms with Crippen LogP contribution in [-0.4, -0.2) is 63.5 Å². The van der Waals surface area contributed by atoms with Crippen LogP contribution in [0.5, 0.6) is 0 Å². The van der Waals surface area contributed by atoms with E-state index in [1.165, 1.54) is 4.57 Å². The number of amides is 1. The van der Waals surface area contributed by atoms with E-state index >= 15 is 4.79 Å². The van der Waals surface area contributed by atoms with Crippen LogP contribution in [0.4, 0.5) is 5.69 Å². The van der Waals surface area contributed by atoms with E-state index in [2.05, 4.69) is 5.32 Å². The number of ether oxygens (including phenoxy) is 2. The van der Waals surface area contributed by atoms with Gasteiger partial charge in [-0.15, -0.1) is 0 Å². The molecule has 5 heterocycles. The van der Waals surface area contributed by atoms with Gasteiger partial charge in [0.15, 0.2) is 0 Å². The van der Waals surface area contributed by atoms with Crippen molar-refractivity contribution < 1.29 is 33.4 Å². The molecule has 46 heavy (non-hydrogen) atoms. The van der Waals surface area contributed by atoms with Gasteiger partial charge in [0.2, 0.25) is 0 Å². The molecule has 0 radical (unpaired) electrons. The van der Waals surface area contributed by atoms with Gasteiger partial charge in [0.1, 0.15) is 16.2 Å². The number of ketones is 1. The van der Waals surface area contributed by atoms with Crippen LogP contribution in [0.2, 0.25) is 0 Å². The Morgan fingerprint density at radius 1 is 0.935 bits per heavy atom. The fourth-order valence-corrected chi connectivity index (χ4v) is 10.0. The predicted molar refractivity (Wildman–Crippen MR) is 169 cm³/mol. The lowest BCUT2D eigenvalue weighted by atomic mass is 9.73. The summed E-state index contributed by atoms with van der Waals surface area (Å²) in [5.74, 6) is -4.78. The Hall–Kier alpha value is -4.74. The summed E-state index contributed by atoms with van der Waals surface area (Å²) >= 11 is 1.08. The van der Waals surface area contributed by atoms with Gasteiger partial charge in [-0.3, -0.25) is 28.6 Å². The fourth-order valence-electron chi connectivity index (χ4n) is 8.22. The van der Waals surface area contributed by atoms with Gasteiger partial charge in [-0.2, -0.15) is 0 Å². The first-order valence-electron chi connectivity index (χ1n) is 15.3. The summed E-state index contributed by atoms with van der Waals surface area (Å²) in [6.07, 6.45) is 0.593. The molecule has 4 atom stereocenters. The van der Waals surface area contributed by atoms with Crippen LogP contribution in [0, 0.1) is 5.92 Å². The van der Waals surface area contributed by atoms with E-state index in [-0.39, 0.29) is 23.8 Å². The number of rotatable bonds is 5. The monoisotopic (exact) mass is 635 g/mol. The van der Waals surface area contributed by atoms with E-state index < -0.39 is 51.8 Å². The summed E-state index contributed by atoms with van der Waals surface area (Å²) < 4.78 is 10.7. The second kappa shape index (κ2) is 10.1. The number of nitrogens with zero attached hydrogens (tertiary/aromatic N) is 2. The number of esters is 2. The van der Waals surface area contributed by atoms with Crippen LogP contribution in [-0.2, 0) is 35.8 Å². The van der Waals surface area contributed by atoms with E-state index in [1.54, 1.807) is 44.2 Å².